The molecule has 0 bridgehead atoms. The monoisotopic (exact) mass is 322 g/mol. The van der Waals surface area contributed by atoms with E-state index in [1.54, 1.807) is 0 Å². The molecule has 0 spiro atoms. The predicted octanol–water partition coefficient (Wildman–Crippen LogP) is -1.25. The van der Waals surface area contributed by atoms with E-state index >= 15 is 0 Å². The normalized spacial score (nSPS) is 19.7. The van der Waals surface area contributed by atoms with Gasteiger partial charge in [-0.05, 0) is 19.3 Å². The summed E-state index contributed by atoms with van der Waals surface area (Å²) in [6.45, 7) is 0.641. The highest BCUT2D eigenvalue weighted by Gasteiger charge is 2.40. The van der Waals surface area contributed by atoms with E-state index in [4.69, 9.17) is 10.5 Å². The molecule has 21 heavy (non-hydrogen) atoms. The molecule has 9 heteroatoms. The van der Waals surface area contributed by atoms with E-state index in [-0.39, 0.29) is 18.7 Å². The fraction of sp³-hybridized carbons (Fsp3) is 0.833. The summed E-state index contributed by atoms with van der Waals surface area (Å²) >= 11 is 0. The Kier molecular flexibility index (Phi) is 6.11. The summed E-state index contributed by atoms with van der Waals surface area (Å²) in [6.07, 6.45) is 1.72. The van der Waals surface area contributed by atoms with Crippen LogP contribution in [-0.4, -0.2) is 63.2 Å². The topological polar surface area (TPSA) is 136 Å². The number of rotatable bonds is 7. The first-order valence-corrected chi connectivity index (χ1v) is 8.74. The van der Waals surface area contributed by atoms with Crippen LogP contribution in [0.25, 0.3) is 0 Å². The van der Waals surface area contributed by atoms with Gasteiger partial charge >= 0.3 is 5.97 Å². The van der Waals surface area contributed by atoms with Crippen molar-refractivity contribution in [2.45, 2.75) is 25.3 Å². The fourth-order valence-corrected chi connectivity index (χ4v) is 2.77. The van der Waals surface area contributed by atoms with E-state index in [1.165, 1.54) is 0 Å². The average molecular weight is 322 g/mol. The zero-order valence-electron chi connectivity index (χ0n) is 12.0. The van der Waals surface area contributed by atoms with Crippen molar-refractivity contribution in [3.8, 4) is 0 Å². The third kappa shape index (κ3) is 5.60. The summed E-state index contributed by atoms with van der Waals surface area (Å²) in [5, 5.41) is 11.8. The van der Waals surface area contributed by atoms with Gasteiger partial charge in [-0.2, -0.15) is 0 Å². The second-order valence-corrected chi connectivity index (χ2v) is 7.70. The summed E-state index contributed by atoms with van der Waals surface area (Å²) in [6, 6.07) is -0.967. The van der Waals surface area contributed by atoms with Crippen molar-refractivity contribution in [3.63, 3.8) is 0 Å². The number of carbonyl (C=O) groups is 2. The molecule has 0 aromatic heterocycles. The van der Waals surface area contributed by atoms with Crippen LogP contribution < -0.4 is 11.1 Å². The number of nitrogens with one attached hydrogen (secondary N) is 1. The van der Waals surface area contributed by atoms with Gasteiger partial charge in [-0.3, -0.25) is 9.59 Å². The van der Waals surface area contributed by atoms with Crippen LogP contribution in [0.15, 0.2) is 0 Å². The van der Waals surface area contributed by atoms with E-state index in [2.05, 4.69) is 5.32 Å². The minimum atomic E-state index is -3.18. The third-order valence-electron chi connectivity index (χ3n) is 3.64. The van der Waals surface area contributed by atoms with Crippen LogP contribution in [0, 0.1) is 5.41 Å². The molecule has 1 unspecified atom stereocenters. The molecule has 122 valence electrons. The lowest BCUT2D eigenvalue weighted by Crippen LogP contribution is -2.50. The van der Waals surface area contributed by atoms with Crippen molar-refractivity contribution in [1.29, 1.82) is 0 Å². The summed E-state index contributed by atoms with van der Waals surface area (Å²) in [5.74, 6) is -1.69. The standard InChI is InChI=1S/C12H22N2O6S/c1-21(18,19)7-2-9(13)10(15)14-8-12(11(16)17)3-5-20-6-4-12/h9H,2-8,13H2,1H3,(H,14,15)(H,16,17). The molecule has 1 fully saturated rings. The number of amides is 1. The summed E-state index contributed by atoms with van der Waals surface area (Å²) in [7, 11) is -3.18. The van der Waals surface area contributed by atoms with Crippen LogP contribution >= 0.6 is 0 Å². The van der Waals surface area contributed by atoms with Crippen molar-refractivity contribution in [2.75, 3.05) is 31.8 Å². The number of hydrogen-bond donors (Lipinski definition) is 3. The van der Waals surface area contributed by atoms with E-state index in [0.717, 1.165) is 6.26 Å². The lowest BCUT2D eigenvalue weighted by molar-refractivity contribution is -0.154. The summed E-state index contributed by atoms with van der Waals surface area (Å²) in [5.41, 5.74) is 4.57. The second-order valence-electron chi connectivity index (χ2n) is 5.44. The molecule has 1 heterocycles. The molecule has 4 N–H and O–H groups in total. The molecule has 1 amide bonds. The third-order valence-corrected chi connectivity index (χ3v) is 4.62. The Balaban J connectivity index is 2.51. The number of ether oxygens (including phenoxy) is 1. The minimum Gasteiger partial charge on any atom is -0.481 e. The summed E-state index contributed by atoms with van der Waals surface area (Å²) in [4.78, 5) is 23.2. The van der Waals surface area contributed by atoms with E-state index in [1.807, 2.05) is 0 Å². The lowest BCUT2D eigenvalue weighted by Gasteiger charge is -2.33. The first-order chi connectivity index (χ1) is 9.66. The van der Waals surface area contributed by atoms with Gasteiger partial charge in [0.2, 0.25) is 5.91 Å². The van der Waals surface area contributed by atoms with Gasteiger partial charge in [0, 0.05) is 26.0 Å². The van der Waals surface area contributed by atoms with Gasteiger partial charge in [-0.1, -0.05) is 0 Å². The molecule has 1 rings (SSSR count). The Labute approximate surface area is 123 Å². The molecule has 1 aliphatic rings. The molecular formula is C12H22N2O6S. The van der Waals surface area contributed by atoms with E-state index in [0.29, 0.717) is 26.1 Å². The van der Waals surface area contributed by atoms with Gasteiger partial charge in [0.15, 0.2) is 0 Å². The lowest BCUT2D eigenvalue weighted by atomic mass is 9.80. The first kappa shape index (κ1) is 17.9. The number of carboxylic acid groups (broad SMARTS) is 1. The maximum absolute atomic E-state index is 11.8. The van der Waals surface area contributed by atoms with Crippen molar-refractivity contribution < 1.29 is 27.9 Å². The molecule has 0 aromatic rings. The van der Waals surface area contributed by atoms with E-state index < -0.39 is 33.2 Å². The van der Waals surface area contributed by atoms with Gasteiger partial charge < -0.3 is 20.9 Å². The van der Waals surface area contributed by atoms with E-state index in [9.17, 15) is 23.1 Å². The van der Waals surface area contributed by atoms with Gasteiger partial charge in [0.05, 0.1) is 17.2 Å². The van der Waals surface area contributed by atoms with Crippen LogP contribution in [0.3, 0.4) is 0 Å². The zero-order valence-corrected chi connectivity index (χ0v) is 12.8. The van der Waals surface area contributed by atoms with Crippen molar-refractivity contribution >= 4 is 21.7 Å². The van der Waals surface area contributed by atoms with Crippen LogP contribution in [0.5, 0.6) is 0 Å². The van der Waals surface area contributed by atoms with Gasteiger partial charge in [-0.15, -0.1) is 0 Å². The highest BCUT2D eigenvalue weighted by Crippen LogP contribution is 2.30. The Morgan fingerprint density at radius 1 is 1.38 bits per heavy atom. The van der Waals surface area contributed by atoms with Gasteiger partial charge in [0.1, 0.15) is 9.84 Å². The van der Waals surface area contributed by atoms with Crippen molar-refractivity contribution in [3.05, 3.63) is 0 Å². The van der Waals surface area contributed by atoms with Gasteiger partial charge in [-0.25, -0.2) is 8.42 Å². The minimum absolute atomic E-state index is 0.00779. The first-order valence-electron chi connectivity index (χ1n) is 6.68. The number of aliphatic carboxylic acids is 1. The molecule has 1 saturated heterocycles. The maximum atomic E-state index is 11.8. The second kappa shape index (κ2) is 7.19. The Bertz CT molecular complexity index is 484. The Morgan fingerprint density at radius 3 is 2.43 bits per heavy atom. The Hall–Kier alpha value is -1.19. The van der Waals surface area contributed by atoms with Crippen LogP contribution in [0.4, 0.5) is 0 Å². The highest BCUT2D eigenvalue weighted by molar-refractivity contribution is 7.90. The van der Waals surface area contributed by atoms with Crippen LogP contribution in [0.1, 0.15) is 19.3 Å². The Morgan fingerprint density at radius 2 is 1.95 bits per heavy atom. The average Bonchev–Trinajstić information content (AvgIpc) is 2.42. The molecule has 1 aliphatic heterocycles. The molecule has 0 saturated carbocycles. The molecule has 0 aromatic carbocycles. The molecule has 0 aliphatic carbocycles. The summed E-state index contributed by atoms with van der Waals surface area (Å²) < 4.78 is 27.2. The molecule has 0 radical (unpaired) electrons. The molecule has 8 nitrogen and oxygen atoms in total. The largest absolute Gasteiger partial charge is 0.481 e. The van der Waals surface area contributed by atoms with Crippen LogP contribution in [0.2, 0.25) is 0 Å². The number of hydrogen-bond acceptors (Lipinski definition) is 6. The highest BCUT2D eigenvalue weighted by atomic mass is 32.2. The fourth-order valence-electron chi connectivity index (χ4n) is 2.09. The number of carbonyl (C=O) groups excluding carboxylic acids is 1. The SMILES string of the molecule is CS(=O)(=O)CCC(N)C(=O)NCC1(C(=O)O)CCOCC1. The quantitative estimate of drug-likeness (QED) is 0.532. The maximum Gasteiger partial charge on any atom is 0.311 e. The van der Waals surface area contributed by atoms with Crippen molar-refractivity contribution in [2.24, 2.45) is 11.1 Å². The number of sulfone groups is 1. The van der Waals surface area contributed by atoms with Gasteiger partial charge in [0.25, 0.3) is 0 Å². The molecular weight excluding hydrogens is 300 g/mol. The van der Waals surface area contributed by atoms with Crippen molar-refractivity contribution in [1.82, 2.24) is 5.32 Å². The smallest absolute Gasteiger partial charge is 0.311 e. The molecule has 1 atom stereocenters. The number of nitrogens with two attached hydrogens (primary N) is 1. The zero-order chi connectivity index (χ0) is 16.1. The predicted molar refractivity (Wildman–Crippen MR) is 75.4 cm³/mol. The number of carboxylic acids is 1. The van der Waals surface area contributed by atoms with Crippen LogP contribution in [-0.2, 0) is 24.2 Å².